The molecule has 1 aromatic carbocycles. The van der Waals surface area contributed by atoms with Gasteiger partial charge < -0.3 is 10.2 Å². The molecule has 3 heterocycles. The lowest BCUT2D eigenvalue weighted by molar-refractivity contribution is -0.142. The maximum Gasteiger partial charge on any atom is 0.248 e. The van der Waals surface area contributed by atoms with Gasteiger partial charge in [0.2, 0.25) is 21.8 Å². The number of aromatic nitrogens is 2. The molecule has 2 aliphatic rings. The number of nitrogens with one attached hydrogen (secondary N) is 1. The lowest BCUT2D eigenvalue weighted by Crippen LogP contribution is -2.58. The molecule has 0 spiro atoms. The zero-order valence-electron chi connectivity index (χ0n) is 21.9. The first-order valence-electron chi connectivity index (χ1n) is 13.4. The summed E-state index contributed by atoms with van der Waals surface area (Å²) in [5.41, 5.74) is 0.622. The van der Waals surface area contributed by atoms with Gasteiger partial charge in [-0.3, -0.25) is 19.4 Å². The Morgan fingerprint density at radius 2 is 1.80 bits per heavy atom. The van der Waals surface area contributed by atoms with E-state index >= 15 is 0 Å². The van der Waals surface area contributed by atoms with Crippen LogP contribution in [0.2, 0.25) is 0 Å². The number of piperazine rings is 1. The number of thiazole rings is 1. The summed E-state index contributed by atoms with van der Waals surface area (Å²) in [5, 5.41) is 5.06. The Morgan fingerprint density at radius 3 is 2.50 bits per heavy atom. The fourth-order valence-electron chi connectivity index (χ4n) is 5.40. The lowest BCUT2D eigenvalue weighted by Gasteiger charge is -2.39. The number of anilines is 1. The average molecular weight is 582 g/mol. The van der Waals surface area contributed by atoms with Crippen molar-refractivity contribution < 1.29 is 22.8 Å². The van der Waals surface area contributed by atoms with Crippen LogP contribution in [0.15, 0.2) is 65.3 Å². The topological polar surface area (TPSA) is 130 Å². The van der Waals surface area contributed by atoms with Crippen LogP contribution in [-0.2, 0) is 19.6 Å². The molecule has 210 valence electrons. The first kappa shape index (κ1) is 28.1. The number of hydrogen-bond acceptors (Lipinski definition) is 8. The molecule has 5 rings (SSSR count). The number of rotatable bonds is 9. The minimum Gasteiger partial charge on any atom is -0.328 e. The standard InChI is InChI=1S/C28H31N5O5S2/c34-25-19-32(40(37,38)23-8-4-7-22(18-23)26(35)21-9-11-29-12-10-21)14-15-33(25)24(17-20-5-2-1-3-6-20)27(36)31-28-30-13-16-39-28/h4,7-13,16,18,20,24H,1-3,5-6,14-15,17,19H2,(H,30,31,36)/t24-/m0/s1. The van der Waals surface area contributed by atoms with Crippen molar-refractivity contribution in [1.29, 1.82) is 0 Å². The smallest absolute Gasteiger partial charge is 0.248 e. The molecule has 3 aromatic rings. The van der Waals surface area contributed by atoms with Crippen LogP contribution in [0.1, 0.15) is 54.4 Å². The third-order valence-electron chi connectivity index (χ3n) is 7.52. The molecule has 1 saturated heterocycles. The SMILES string of the molecule is O=C(c1ccncc1)c1cccc(S(=O)(=O)N2CCN([C@@H](CC3CCCCC3)C(=O)Nc3nccs3)C(=O)C2)c1. The van der Waals surface area contributed by atoms with Gasteiger partial charge >= 0.3 is 0 Å². The molecule has 1 atom stereocenters. The molecule has 12 heteroatoms. The van der Waals surface area contributed by atoms with E-state index in [1.807, 2.05) is 0 Å². The summed E-state index contributed by atoms with van der Waals surface area (Å²) in [7, 11) is -4.06. The Labute approximate surface area is 237 Å². The number of ketones is 1. The number of benzene rings is 1. The van der Waals surface area contributed by atoms with Gasteiger partial charge in [-0.25, -0.2) is 13.4 Å². The summed E-state index contributed by atoms with van der Waals surface area (Å²) >= 11 is 1.30. The van der Waals surface area contributed by atoms with Gasteiger partial charge in [-0.1, -0.05) is 44.2 Å². The Bertz CT molecular complexity index is 1460. The van der Waals surface area contributed by atoms with Crippen molar-refractivity contribution >= 4 is 44.1 Å². The minimum atomic E-state index is -4.06. The molecule has 10 nitrogen and oxygen atoms in total. The molecule has 1 N–H and O–H groups in total. The molecule has 2 aromatic heterocycles. The Morgan fingerprint density at radius 1 is 1.02 bits per heavy atom. The summed E-state index contributed by atoms with van der Waals surface area (Å²) < 4.78 is 28.2. The minimum absolute atomic E-state index is 0.0439. The van der Waals surface area contributed by atoms with Gasteiger partial charge in [-0.15, -0.1) is 11.3 Å². The second-order valence-corrected chi connectivity index (χ2v) is 12.9. The Balaban J connectivity index is 1.32. The van der Waals surface area contributed by atoms with Crippen LogP contribution in [0.3, 0.4) is 0 Å². The number of carbonyl (C=O) groups is 3. The fourth-order valence-corrected chi connectivity index (χ4v) is 7.36. The van der Waals surface area contributed by atoms with E-state index in [0.717, 1.165) is 30.0 Å². The largest absolute Gasteiger partial charge is 0.328 e. The van der Waals surface area contributed by atoms with E-state index in [4.69, 9.17) is 0 Å². The van der Waals surface area contributed by atoms with E-state index in [0.29, 0.717) is 23.0 Å². The monoisotopic (exact) mass is 581 g/mol. The van der Waals surface area contributed by atoms with Gasteiger partial charge in [0.25, 0.3) is 0 Å². The van der Waals surface area contributed by atoms with Crippen LogP contribution < -0.4 is 5.32 Å². The Hall–Kier alpha value is -3.48. The normalized spacial score (nSPS) is 17.9. The van der Waals surface area contributed by atoms with E-state index in [1.165, 1.54) is 53.3 Å². The van der Waals surface area contributed by atoms with Crippen molar-refractivity contribution in [2.45, 2.75) is 49.5 Å². The van der Waals surface area contributed by atoms with E-state index in [-0.39, 0.29) is 41.8 Å². The number of carbonyl (C=O) groups excluding carboxylic acids is 3. The van der Waals surface area contributed by atoms with Crippen LogP contribution in [-0.4, -0.2) is 70.9 Å². The first-order valence-corrected chi connectivity index (χ1v) is 15.7. The lowest BCUT2D eigenvalue weighted by atomic mass is 9.84. The molecule has 1 aliphatic heterocycles. The molecule has 0 unspecified atom stereocenters. The summed E-state index contributed by atoms with van der Waals surface area (Å²) in [4.78, 5) is 49.1. The molecule has 1 aliphatic carbocycles. The molecule has 1 saturated carbocycles. The number of pyridine rings is 1. The highest BCUT2D eigenvalue weighted by atomic mass is 32.2. The van der Waals surface area contributed by atoms with Crippen molar-refractivity contribution in [3.8, 4) is 0 Å². The van der Waals surface area contributed by atoms with Crippen LogP contribution in [0.25, 0.3) is 0 Å². The van der Waals surface area contributed by atoms with Crippen LogP contribution in [0, 0.1) is 5.92 Å². The van der Waals surface area contributed by atoms with Crippen LogP contribution in [0.4, 0.5) is 5.13 Å². The van der Waals surface area contributed by atoms with Gasteiger partial charge in [-0.05, 0) is 36.6 Å². The van der Waals surface area contributed by atoms with Crippen molar-refractivity contribution in [1.82, 2.24) is 19.2 Å². The zero-order chi connectivity index (χ0) is 28.1. The van der Waals surface area contributed by atoms with Crippen molar-refractivity contribution in [3.05, 3.63) is 71.5 Å². The van der Waals surface area contributed by atoms with E-state index in [1.54, 1.807) is 29.8 Å². The quantitative estimate of drug-likeness (QED) is 0.382. The van der Waals surface area contributed by atoms with Crippen molar-refractivity contribution in [2.75, 3.05) is 25.0 Å². The molecule has 40 heavy (non-hydrogen) atoms. The van der Waals surface area contributed by atoms with Gasteiger partial charge in [-0.2, -0.15) is 4.31 Å². The highest BCUT2D eigenvalue weighted by Gasteiger charge is 2.39. The van der Waals surface area contributed by atoms with E-state index in [9.17, 15) is 22.8 Å². The summed E-state index contributed by atoms with van der Waals surface area (Å²) in [5.74, 6) is -0.713. The number of hydrogen-bond donors (Lipinski definition) is 1. The average Bonchev–Trinajstić information content (AvgIpc) is 3.50. The predicted molar refractivity (Wildman–Crippen MR) is 150 cm³/mol. The van der Waals surface area contributed by atoms with E-state index < -0.39 is 22.0 Å². The zero-order valence-corrected chi connectivity index (χ0v) is 23.6. The predicted octanol–water partition coefficient (Wildman–Crippen LogP) is 3.58. The number of sulfonamides is 1. The second-order valence-electron chi connectivity index (χ2n) is 10.1. The van der Waals surface area contributed by atoms with Crippen LogP contribution in [0.5, 0.6) is 0 Å². The number of nitrogens with zero attached hydrogens (tertiary/aromatic N) is 4. The van der Waals surface area contributed by atoms with Gasteiger partial charge in [0.1, 0.15) is 6.04 Å². The third-order valence-corrected chi connectivity index (χ3v) is 10.1. The van der Waals surface area contributed by atoms with Crippen molar-refractivity contribution in [2.24, 2.45) is 5.92 Å². The molecule has 2 amide bonds. The van der Waals surface area contributed by atoms with Crippen molar-refractivity contribution in [3.63, 3.8) is 0 Å². The molecular weight excluding hydrogens is 550 g/mol. The van der Waals surface area contributed by atoms with Gasteiger partial charge in [0.15, 0.2) is 10.9 Å². The fraction of sp³-hybridized carbons (Fsp3) is 0.393. The second kappa shape index (κ2) is 12.4. The first-order chi connectivity index (χ1) is 19.3. The molecular formula is C28H31N5O5S2. The summed E-state index contributed by atoms with van der Waals surface area (Å²) in [6.07, 6.45) is 10.5. The number of amides is 2. The highest BCUT2D eigenvalue weighted by Crippen LogP contribution is 2.30. The molecule has 0 radical (unpaired) electrons. The molecule has 0 bridgehead atoms. The third kappa shape index (κ3) is 6.29. The summed E-state index contributed by atoms with van der Waals surface area (Å²) in [6, 6.07) is 8.26. The molecule has 2 fully saturated rings. The summed E-state index contributed by atoms with van der Waals surface area (Å²) in [6.45, 7) is -0.241. The van der Waals surface area contributed by atoms with Gasteiger partial charge in [0, 0.05) is 48.2 Å². The maximum atomic E-state index is 13.5. The maximum absolute atomic E-state index is 13.5. The van der Waals surface area contributed by atoms with Crippen LogP contribution >= 0.6 is 11.3 Å². The Kier molecular flexibility index (Phi) is 8.67. The highest BCUT2D eigenvalue weighted by molar-refractivity contribution is 7.89. The van der Waals surface area contributed by atoms with Gasteiger partial charge in [0.05, 0.1) is 11.4 Å². The van der Waals surface area contributed by atoms with E-state index in [2.05, 4.69) is 15.3 Å².